The molecule has 6 heteroatoms. The van der Waals surface area contributed by atoms with Crippen LogP contribution in [-0.2, 0) is 16.6 Å². The van der Waals surface area contributed by atoms with Gasteiger partial charge in [-0.15, -0.1) is 0 Å². The fraction of sp³-hybridized carbons (Fsp3) is 0.545. The van der Waals surface area contributed by atoms with Crippen LogP contribution < -0.4 is 9.62 Å². The van der Waals surface area contributed by atoms with E-state index in [1.807, 2.05) is 13.8 Å². The Hall–Kier alpha value is -1.14. The molecule has 0 radical (unpaired) electrons. The molecule has 5 nitrogen and oxygen atoms in total. The lowest BCUT2D eigenvalue weighted by atomic mass is 10.2. The molecule has 0 aliphatic carbocycles. The van der Waals surface area contributed by atoms with E-state index in [2.05, 4.69) is 10.3 Å². The second-order valence-corrected chi connectivity index (χ2v) is 6.28. The lowest BCUT2D eigenvalue weighted by molar-refractivity contribution is 0.586. The standard InChI is InChI=1S/C11H19N3O2S/c1-9(2)13-8-10-7-12-6-5-11(10)14(3)17(4,15)16/h5-7,9,13H,8H2,1-4H3. The molecule has 17 heavy (non-hydrogen) atoms. The number of nitrogens with one attached hydrogen (secondary N) is 1. The third kappa shape index (κ3) is 3.98. The Bertz CT molecular complexity index is 471. The summed E-state index contributed by atoms with van der Waals surface area (Å²) in [6.07, 6.45) is 4.47. The second-order valence-electron chi connectivity index (χ2n) is 4.27. The number of rotatable bonds is 5. The summed E-state index contributed by atoms with van der Waals surface area (Å²) < 4.78 is 24.3. The molecule has 0 aliphatic rings. The van der Waals surface area contributed by atoms with Crippen LogP contribution >= 0.6 is 0 Å². The van der Waals surface area contributed by atoms with E-state index in [1.165, 1.54) is 10.6 Å². The number of aromatic nitrogens is 1. The highest BCUT2D eigenvalue weighted by Crippen LogP contribution is 2.20. The Balaban J connectivity index is 3.00. The van der Waals surface area contributed by atoms with Crippen LogP contribution in [0, 0.1) is 0 Å². The minimum absolute atomic E-state index is 0.339. The first-order valence-corrected chi connectivity index (χ1v) is 7.27. The van der Waals surface area contributed by atoms with Gasteiger partial charge in [0.05, 0.1) is 11.9 Å². The molecule has 0 spiro atoms. The minimum Gasteiger partial charge on any atom is -0.310 e. The molecule has 1 aromatic rings. The number of sulfonamides is 1. The molecular formula is C11H19N3O2S. The maximum Gasteiger partial charge on any atom is 0.232 e. The van der Waals surface area contributed by atoms with Crippen molar-refractivity contribution < 1.29 is 8.42 Å². The molecule has 0 aliphatic heterocycles. The maximum atomic E-state index is 11.5. The molecule has 0 unspecified atom stereocenters. The zero-order chi connectivity index (χ0) is 13.1. The van der Waals surface area contributed by atoms with Gasteiger partial charge >= 0.3 is 0 Å². The largest absolute Gasteiger partial charge is 0.310 e. The van der Waals surface area contributed by atoms with Crippen LogP contribution in [0.1, 0.15) is 19.4 Å². The van der Waals surface area contributed by atoms with Crippen molar-refractivity contribution in [3.05, 3.63) is 24.0 Å². The summed E-state index contributed by atoms with van der Waals surface area (Å²) in [5, 5.41) is 3.25. The van der Waals surface area contributed by atoms with Crippen molar-refractivity contribution in [1.29, 1.82) is 0 Å². The van der Waals surface area contributed by atoms with E-state index in [-0.39, 0.29) is 0 Å². The molecule has 1 N–H and O–H groups in total. The highest BCUT2D eigenvalue weighted by Gasteiger charge is 2.15. The number of nitrogens with zero attached hydrogens (tertiary/aromatic N) is 2. The Kier molecular flexibility index (Phi) is 4.47. The number of hydrogen-bond donors (Lipinski definition) is 1. The molecular weight excluding hydrogens is 238 g/mol. The fourth-order valence-electron chi connectivity index (χ4n) is 1.36. The fourth-order valence-corrected chi connectivity index (χ4v) is 1.89. The molecule has 0 saturated carbocycles. The van der Waals surface area contributed by atoms with Crippen LogP contribution in [0.4, 0.5) is 5.69 Å². The summed E-state index contributed by atoms with van der Waals surface area (Å²) in [6, 6.07) is 2.05. The first-order chi connectivity index (χ1) is 7.82. The van der Waals surface area contributed by atoms with E-state index in [0.717, 1.165) is 5.56 Å². The van der Waals surface area contributed by atoms with Gasteiger partial charge in [-0.25, -0.2) is 8.42 Å². The summed E-state index contributed by atoms with van der Waals surface area (Å²) in [5.74, 6) is 0. The van der Waals surface area contributed by atoms with Crippen molar-refractivity contribution in [2.45, 2.75) is 26.4 Å². The number of anilines is 1. The van der Waals surface area contributed by atoms with Crippen molar-refractivity contribution in [3.8, 4) is 0 Å². The Morgan fingerprint density at radius 3 is 2.65 bits per heavy atom. The Morgan fingerprint density at radius 2 is 2.12 bits per heavy atom. The predicted molar refractivity (Wildman–Crippen MR) is 69.5 cm³/mol. The van der Waals surface area contributed by atoms with Gasteiger partial charge in [-0.1, -0.05) is 13.8 Å². The van der Waals surface area contributed by atoms with Crippen molar-refractivity contribution in [1.82, 2.24) is 10.3 Å². The van der Waals surface area contributed by atoms with Crippen molar-refractivity contribution in [2.24, 2.45) is 0 Å². The molecule has 1 rings (SSSR count). The third-order valence-corrected chi connectivity index (χ3v) is 3.61. The normalized spacial score (nSPS) is 11.8. The van der Waals surface area contributed by atoms with Crippen LogP contribution in [0.5, 0.6) is 0 Å². The van der Waals surface area contributed by atoms with Gasteiger partial charge in [-0.05, 0) is 6.07 Å². The van der Waals surface area contributed by atoms with Crippen LogP contribution in [0.25, 0.3) is 0 Å². The quantitative estimate of drug-likeness (QED) is 0.854. The van der Waals surface area contributed by atoms with E-state index in [1.54, 1.807) is 25.5 Å². The van der Waals surface area contributed by atoms with Gasteiger partial charge in [-0.2, -0.15) is 0 Å². The summed E-state index contributed by atoms with van der Waals surface area (Å²) in [5.41, 5.74) is 1.53. The molecule has 0 fully saturated rings. The second kappa shape index (κ2) is 5.46. The summed E-state index contributed by atoms with van der Waals surface area (Å²) in [7, 11) is -1.69. The smallest absolute Gasteiger partial charge is 0.232 e. The van der Waals surface area contributed by atoms with Gasteiger partial charge in [0, 0.05) is 37.6 Å². The average Bonchev–Trinajstić information content (AvgIpc) is 2.24. The molecule has 96 valence electrons. The number of hydrogen-bond acceptors (Lipinski definition) is 4. The first kappa shape index (κ1) is 13.9. The number of pyridine rings is 1. The molecule has 0 atom stereocenters. The zero-order valence-corrected chi connectivity index (χ0v) is 11.5. The maximum absolute atomic E-state index is 11.5. The molecule has 0 bridgehead atoms. The summed E-state index contributed by atoms with van der Waals surface area (Å²) in [6.45, 7) is 4.67. The van der Waals surface area contributed by atoms with Gasteiger partial charge in [0.2, 0.25) is 10.0 Å². The first-order valence-electron chi connectivity index (χ1n) is 5.42. The molecule has 1 heterocycles. The molecule has 0 saturated heterocycles. The van der Waals surface area contributed by atoms with E-state index >= 15 is 0 Å². The van der Waals surface area contributed by atoms with Crippen molar-refractivity contribution in [2.75, 3.05) is 17.6 Å². The van der Waals surface area contributed by atoms with E-state index < -0.39 is 10.0 Å². The molecule has 1 aromatic heterocycles. The monoisotopic (exact) mass is 257 g/mol. The van der Waals surface area contributed by atoms with Gasteiger partial charge in [-0.3, -0.25) is 9.29 Å². The van der Waals surface area contributed by atoms with Crippen molar-refractivity contribution >= 4 is 15.7 Å². The Morgan fingerprint density at radius 1 is 1.47 bits per heavy atom. The van der Waals surface area contributed by atoms with Crippen LogP contribution in [0.15, 0.2) is 18.5 Å². The lowest BCUT2D eigenvalue weighted by Gasteiger charge is -2.20. The average molecular weight is 257 g/mol. The highest BCUT2D eigenvalue weighted by atomic mass is 32.2. The minimum atomic E-state index is -3.24. The lowest BCUT2D eigenvalue weighted by Crippen LogP contribution is -2.28. The van der Waals surface area contributed by atoms with E-state index in [0.29, 0.717) is 18.3 Å². The summed E-state index contributed by atoms with van der Waals surface area (Å²) >= 11 is 0. The zero-order valence-electron chi connectivity index (χ0n) is 10.6. The van der Waals surface area contributed by atoms with E-state index in [9.17, 15) is 8.42 Å². The van der Waals surface area contributed by atoms with Crippen molar-refractivity contribution in [3.63, 3.8) is 0 Å². The topological polar surface area (TPSA) is 62.3 Å². The van der Waals surface area contributed by atoms with Gasteiger partial charge in [0.1, 0.15) is 0 Å². The highest BCUT2D eigenvalue weighted by molar-refractivity contribution is 7.92. The van der Waals surface area contributed by atoms with E-state index in [4.69, 9.17) is 0 Å². The van der Waals surface area contributed by atoms with Crippen LogP contribution in [0.2, 0.25) is 0 Å². The third-order valence-electron chi connectivity index (χ3n) is 2.42. The molecule has 0 aromatic carbocycles. The van der Waals surface area contributed by atoms with Gasteiger partial charge in [0.25, 0.3) is 0 Å². The van der Waals surface area contributed by atoms with Gasteiger partial charge in [0.15, 0.2) is 0 Å². The predicted octanol–water partition coefficient (Wildman–Crippen LogP) is 0.975. The SMILES string of the molecule is CC(C)NCc1cnccc1N(C)S(C)(=O)=O. The summed E-state index contributed by atoms with van der Waals surface area (Å²) in [4.78, 5) is 4.03. The van der Waals surface area contributed by atoms with Crippen LogP contribution in [0.3, 0.4) is 0 Å². The van der Waals surface area contributed by atoms with Gasteiger partial charge < -0.3 is 5.32 Å². The van der Waals surface area contributed by atoms with Crippen LogP contribution in [-0.4, -0.2) is 32.7 Å². The molecule has 0 amide bonds. The Labute approximate surface area is 103 Å².